The number of piperidine rings is 1. The standard InChI is InChI=1S/C13H17ClFNO3S/c14-10-4-5-13(12(15)9-10)20(18,19)16-7-2-1-3-11(16)6-8-17/h4-5,9,11,17H,1-3,6-8H2. The quantitative estimate of drug-likeness (QED) is 0.926. The number of aliphatic hydroxyl groups is 1. The fraction of sp³-hybridized carbons (Fsp3) is 0.538. The number of aliphatic hydroxyl groups excluding tert-OH is 1. The summed E-state index contributed by atoms with van der Waals surface area (Å²) in [4.78, 5) is -0.355. The minimum absolute atomic E-state index is 0.0835. The van der Waals surface area contributed by atoms with E-state index in [0.717, 1.165) is 18.9 Å². The van der Waals surface area contributed by atoms with E-state index in [1.54, 1.807) is 0 Å². The number of hydrogen-bond donors (Lipinski definition) is 1. The summed E-state index contributed by atoms with van der Waals surface area (Å²) in [5.41, 5.74) is 0. The molecule has 0 bridgehead atoms. The number of sulfonamides is 1. The highest BCUT2D eigenvalue weighted by molar-refractivity contribution is 7.89. The third-order valence-corrected chi connectivity index (χ3v) is 5.74. The van der Waals surface area contributed by atoms with Gasteiger partial charge in [-0.3, -0.25) is 0 Å². The molecule has 2 rings (SSSR count). The third kappa shape index (κ3) is 3.14. The molecule has 0 aliphatic carbocycles. The summed E-state index contributed by atoms with van der Waals surface area (Å²) < 4.78 is 40.3. The van der Waals surface area contributed by atoms with Crippen molar-refractivity contribution in [1.29, 1.82) is 0 Å². The molecule has 1 unspecified atom stereocenters. The minimum Gasteiger partial charge on any atom is -0.396 e. The second-order valence-electron chi connectivity index (χ2n) is 4.85. The van der Waals surface area contributed by atoms with Crippen LogP contribution in [0.2, 0.25) is 5.02 Å². The predicted molar refractivity (Wildman–Crippen MR) is 74.6 cm³/mol. The third-order valence-electron chi connectivity index (χ3n) is 3.52. The monoisotopic (exact) mass is 321 g/mol. The summed E-state index contributed by atoms with van der Waals surface area (Å²) in [5, 5.41) is 9.21. The molecule has 1 heterocycles. The largest absolute Gasteiger partial charge is 0.396 e. The average Bonchev–Trinajstić information content (AvgIpc) is 2.39. The van der Waals surface area contributed by atoms with Crippen molar-refractivity contribution in [2.45, 2.75) is 36.6 Å². The molecule has 1 fully saturated rings. The number of rotatable bonds is 4. The second-order valence-corrected chi connectivity index (χ2v) is 7.15. The van der Waals surface area contributed by atoms with Crippen LogP contribution in [0.3, 0.4) is 0 Å². The lowest BCUT2D eigenvalue weighted by Crippen LogP contribution is -2.44. The summed E-state index contributed by atoms with van der Waals surface area (Å²) in [6.45, 7) is 0.273. The topological polar surface area (TPSA) is 57.6 Å². The summed E-state index contributed by atoms with van der Waals surface area (Å²) in [6, 6.07) is 3.29. The Morgan fingerprint density at radius 1 is 1.40 bits per heavy atom. The Labute approximate surface area is 123 Å². The summed E-state index contributed by atoms with van der Waals surface area (Å²) in [6.07, 6.45) is 2.72. The Hall–Kier alpha value is -0.690. The van der Waals surface area contributed by atoms with E-state index in [4.69, 9.17) is 16.7 Å². The first-order valence-corrected chi connectivity index (χ1v) is 8.36. The van der Waals surface area contributed by atoms with E-state index in [-0.39, 0.29) is 22.6 Å². The minimum atomic E-state index is -3.89. The molecule has 4 nitrogen and oxygen atoms in total. The van der Waals surface area contributed by atoms with Gasteiger partial charge in [-0.2, -0.15) is 4.31 Å². The van der Waals surface area contributed by atoms with Crippen molar-refractivity contribution in [3.63, 3.8) is 0 Å². The van der Waals surface area contributed by atoms with E-state index in [9.17, 15) is 12.8 Å². The van der Waals surface area contributed by atoms with Gasteiger partial charge in [0.05, 0.1) is 0 Å². The molecule has 0 amide bonds. The fourth-order valence-corrected chi connectivity index (χ4v) is 4.47. The maximum absolute atomic E-state index is 13.9. The summed E-state index contributed by atoms with van der Waals surface area (Å²) in [7, 11) is -3.89. The van der Waals surface area contributed by atoms with E-state index in [1.807, 2.05) is 0 Å². The molecule has 1 N–H and O–H groups in total. The summed E-state index contributed by atoms with van der Waals surface area (Å²) in [5.74, 6) is -0.842. The molecule has 0 spiro atoms. The fourth-order valence-electron chi connectivity index (χ4n) is 2.54. The van der Waals surface area contributed by atoms with Gasteiger partial charge >= 0.3 is 0 Å². The lowest BCUT2D eigenvalue weighted by molar-refractivity contribution is 0.192. The SMILES string of the molecule is O=S(=O)(c1ccc(Cl)cc1F)N1CCCCC1CCO. The zero-order valence-corrected chi connectivity index (χ0v) is 12.5. The van der Waals surface area contributed by atoms with Crippen LogP contribution in [0, 0.1) is 5.82 Å². The number of hydrogen-bond acceptors (Lipinski definition) is 3. The van der Waals surface area contributed by atoms with Crippen LogP contribution >= 0.6 is 11.6 Å². The van der Waals surface area contributed by atoms with Crippen LogP contribution in [-0.4, -0.2) is 37.0 Å². The molecule has 1 aromatic rings. The Kier molecular flexibility index (Phi) is 5.01. The van der Waals surface area contributed by atoms with E-state index in [2.05, 4.69) is 0 Å². The number of nitrogens with zero attached hydrogens (tertiary/aromatic N) is 1. The van der Waals surface area contributed by atoms with Crippen LogP contribution in [0.25, 0.3) is 0 Å². The first kappa shape index (κ1) is 15.7. The van der Waals surface area contributed by atoms with Gasteiger partial charge in [-0.15, -0.1) is 0 Å². The van der Waals surface area contributed by atoms with Crippen LogP contribution in [0.5, 0.6) is 0 Å². The first-order valence-electron chi connectivity index (χ1n) is 6.54. The van der Waals surface area contributed by atoms with E-state index >= 15 is 0 Å². The van der Waals surface area contributed by atoms with Gasteiger partial charge in [-0.1, -0.05) is 18.0 Å². The van der Waals surface area contributed by atoms with Crippen molar-refractivity contribution in [2.75, 3.05) is 13.2 Å². The van der Waals surface area contributed by atoms with Gasteiger partial charge in [0.25, 0.3) is 0 Å². The summed E-state index contributed by atoms with van der Waals surface area (Å²) >= 11 is 5.65. The molecule has 1 aliphatic heterocycles. The highest BCUT2D eigenvalue weighted by Gasteiger charge is 2.34. The van der Waals surface area contributed by atoms with Crippen molar-refractivity contribution >= 4 is 21.6 Å². The molecule has 1 atom stereocenters. The van der Waals surface area contributed by atoms with Gasteiger partial charge in [0.15, 0.2) is 0 Å². The van der Waals surface area contributed by atoms with Crippen molar-refractivity contribution in [1.82, 2.24) is 4.31 Å². The molecule has 1 aliphatic rings. The van der Waals surface area contributed by atoms with Gasteiger partial charge < -0.3 is 5.11 Å². The molecule has 7 heteroatoms. The van der Waals surface area contributed by atoms with Crippen molar-refractivity contribution < 1.29 is 17.9 Å². The first-order chi connectivity index (χ1) is 9.46. The zero-order valence-electron chi connectivity index (χ0n) is 10.9. The van der Waals surface area contributed by atoms with Gasteiger partial charge in [-0.25, -0.2) is 12.8 Å². The van der Waals surface area contributed by atoms with Crippen molar-refractivity contribution in [2.24, 2.45) is 0 Å². The highest BCUT2D eigenvalue weighted by Crippen LogP contribution is 2.29. The molecule has 0 radical (unpaired) electrons. The molecular weight excluding hydrogens is 305 g/mol. The lowest BCUT2D eigenvalue weighted by atomic mass is 10.0. The highest BCUT2D eigenvalue weighted by atomic mass is 35.5. The molecule has 0 saturated carbocycles. The Bertz CT molecular complexity index is 577. The van der Waals surface area contributed by atoms with Gasteiger partial charge in [0.2, 0.25) is 10.0 Å². The zero-order chi connectivity index (χ0) is 14.8. The molecular formula is C13H17ClFNO3S. The van der Waals surface area contributed by atoms with Crippen molar-refractivity contribution in [3.05, 3.63) is 29.0 Å². The van der Waals surface area contributed by atoms with E-state index < -0.39 is 15.8 Å². The Morgan fingerprint density at radius 2 is 2.15 bits per heavy atom. The van der Waals surface area contributed by atoms with E-state index in [0.29, 0.717) is 19.4 Å². The normalized spacial score (nSPS) is 21.1. The molecule has 0 aromatic heterocycles. The molecule has 20 heavy (non-hydrogen) atoms. The number of benzene rings is 1. The van der Waals surface area contributed by atoms with Crippen LogP contribution in [0.4, 0.5) is 4.39 Å². The predicted octanol–water partition coefficient (Wildman–Crippen LogP) is 2.40. The second kappa shape index (κ2) is 6.39. The van der Waals surface area contributed by atoms with Gasteiger partial charge in [0.1, 0.15) is 10.7 Å². The van der Waals surface area contributed by atoms with Crippen LogP contribution in [0.15, 0.2) is 23.1 Å². The lowest BCUT2D eigenvalue weighted by Gasteiger charge is -2.34. The van der Waals surface area contributed by atoms with Crippen molar-refractivity contribution in [3.8, 4) is 0 Å². The van der Waals surface area contributed by atoms with E-state index in [1.165, 1.54) is 16.4 Å². The molecule has 1 aromatic carbocycles. The smallest absolute Gasteiger partial charge is 0.246 e. The maximum Gasteiger partial charge on any atom is 0.246 e. The average molecular weight is 322 g/mol. The van der Waals surface area contributed by atoms with Crippen LogP contribution in [0.1, 0.15) is 25.7 Å². The van der Waals surface area contributed by atoms with Gasteiger partial charge in [-0.05, 0) is 37.5 Å². The number of halogens is 2. The van der Waals surface area contributed by atoms with Crippen LogP contribution < -0.4 is 0 Å². The van der Waals surface area contributed by atoms with Gasteiger partial charge in [0, 0.05) is 24.2 Å². The molecule has 1 saturated heterocycles. The van der Waals surface area contributed by atoms with Crippen LogP contribution in [-0.2, 0) is 10.0 Å². The molecule has 112 valence electrons. The maximum atomic E-state index is 13.9. The Morgan fingerprint density at radius 3 is 2.80 bits per heavy atom. The Balaban J connectivity index is 2.37.